The minimum Gasteiger partial charge on any atom is -0.142 e. The predicted molar refractivity (Wildman–Crippen MR) is 54.5 cm³/mol. The van der Waals surface area contributed by atoms with E-state index in [1.807, 2.05) is 17.5 Å². The van der Waals surface area contributed by atoms with E-state index < -0.39 is 0 Å². The SMILES string of the molecule is Clc1csc2cccc(Br)c12. The maximum absolute atomic E-state index is 5.96. The summed E-state index contributed by atoms with van der Waals surface area (Å²) in [5.74, 6) is 0. The fourth-order valence-electron chi connectivity index (χ4n) is 1.01. The van der Waals surface area contributed by atoms with Gasteiger partial charge in [-0.2, -0.15) is 0 Å². The van der Waals surface area contributed by atoms with Gasteiger partial charge in [0, 0.05) is 19.9 Å². The normalized spacial score (nSPS) is 10.7. The Bertz CT molecular complexity index is 394. The smallest absolute Gasteiger partial charge is 0.0603 e. The third-order valence-corrected chi connectivity index (χ3v) is 3.54. The van der Waals surface area contributed by atoms with Crippen LogP contribution >= 0.6 is 38.9 Å². The van der Waals surface area contributed by atoms with Crippen LogP contribution < -0.4 is 0 Å². The Balaban J connectivity index is 2.96. The Morgan fingerprint density at radius 2 is 2.18 bits per heavy atom. The number of hydrogen-bond donors (Lipinski definition) is 0. The molecule has 0 aliphatic carbocycles. The number of halogens is 2. The minimum atomic E-state index is 0.831. The van der Waals surface area contributed by atoms with Crippen molar-refractivity contribution in [1.29, 1.82) is 0 Å². The van der Waals surface area contributed by atoms with Crippen molar-refractivity contribution in [3.63, 3.8) is 0 Å². The Morgan fingerprint density at radius 3 is 2.91 bits per heavy atom. The van der Waals surface area contributed by atoms with Gasteiger partial charge < -0.3 is 0 Å². The first-order chi connectivity index (χ1) is 5.29. The number of benzene rings is 1. The molecule has 0 unspecified atom stereocenters. The number of rotatable bonds is 0. The van der Waals surface area contributed by atoms with Gasteiger partial charge >= 0.3 is 0 Å². The average molecular weight is 248 g/mol. The average Bonchev–Trinajstić information content (AvgIpc) is 2.34. The zero-order chi connectivity index (χ0) is 7.84. The van der Waals surface area contributed by atoms with Crippen LogP contribution in [-0.2, 0) is 0 Å². The number of fused-ring (bicyclic) bond motifs is 1. The molecule has 0 atom stereocenters. The largest absolute Gasteiger partial charge is 0.142 e. The second kappa shape index (κ2) is 2.77. The predicted octanol–water partition coefficient (Wildman–Crippen LogP) is 4.32. The van der Waals surface area contributed by atoms with Crippen molar-refractivity contribution in [2.75, 3.05) is 0 Å². The molecule has 0 nitrogen and oxygen atoms in total. The van der Waals surface area contributed by atoms with E-state index in [2.05, 4.69) is 22.0 Å². The zero-order valence-electron chi connectivity index (χ0n) is 5.47. The highest BCUT2D eigenvalue weighted by Gasteiger charge is 2.03. The van der Waals surface area contributed by atoms with Crippen molar-refractivity contribution in [2.24, 2.45) is 0 Å². The molecule has 0 saturated heterocycles. The van der Waals surface area contributed by atoms with Gasteiger partial charge in [0.25, 0.3) is 0 Å². The van der Waals surface area contributed by atoms with Crippen molar-refractivity contribution >= 4 is 49.0 Å². The lowest BCUT2D eigenvalue weighted by Gasteiger charge is -1.92. The van der Waals surface area contributed by atoms with Crippen LogP contribution in [0.5, 0.6) is 0 Å². The zero-order valence-corrected chi connectivity index (χ0v) is 8.63. The Hall–Kier alpha value is -0.0500. The summed E-state index contributed by atoms with van der Waals surface area (Å²) in [7, 11) is 0. The van der Waals surface area contributed by atoms with E-state index in [9.17, 15) is 0 Å². The molecule has 0 amide bonds. The molecular formula is C8H4BrClS. The highest BCUT2D eigenvalue weighted by Crippen LogP contribution is 2.34. The molecular weight excluding hydrogens is 244 g/mol. The topological polar surface area (TPSA) is 0 Å². The molecule has 11 heavy (non-hydrogen) atoms. The van der Waals surface area contributed by atoms with E-state index >= 15 is 0 Å². The van der Waals surface area contributed by atoms with Gasteiger partial charge in [0.1, 0.15) is 0 Å². The lowest BCUT2D eigenvalue weighted by molar-refractivity contribution is 1.79. The molecule has 0 radical (unpaired) electrons. The van der Waals surface area contributed by atoms with Crippen LogP contribution in [0.25, 0.3) is 10.1 Å². The van der Waals surface area contributed by atoms with Crippen LogP contribution in [0.2, 0.25) is 5.02 Å². The fourth-order valence-corrected chi connectivity index (χ4v) is 3.07. The maximum atomic E-state index is 5.96. The molecule has 0 saturated carbocycles. The van der Waals surface area contributed by atoms with E-state index in [0.717, 1.165) is 14.9 Å². The molecule has 0 spiro atoms. The minimum absolute atomic E-state index is 0.831. The third kappa shape index (κ3) is 1.19. The van der Waals surface area contributed by atoms with Crippen molar-refractivity contribution in [3.05, 3.63) is 33.1 Å². The summed E-state index contributed by atoms with van der Waals surface area (Å²) >= 11 is 11.1. The summed E-state index contributed by atoms with van der Waals surface area (Å²) in [5, 5.41) is 3.91. The summed E-state index contributed by atoms with van der Waals surface area (Å²) in [6, 6.07) is 6.08. The molecule has 0 N–H and O–H groups in total. The standard InChI is InChI=1S/C8H4BrClS/c9-5-2-1-3-7-8(5)6(10)4-11-7/h1-4H. The van der Waals surface area contributed by atoms with Gasteiger partial charge in [-0.25, -0.2) is 0 Å². The van der Waals surface area contributed by atoms with E-state index in [4.69, 9.17) is 11.6 Å². The number of thiophene rings is 1. The van der Waals surface area contributed by atoms with Crippen LogP contribution in [0.1, 0.15) is 0 Å². The number of hydrogen-bond acceptors (Lipinski definition) is 1. The second-order valence-electron chi connectivity index (χ2n) is 2.20. The quantitative estimate of drug-likeness (QED) is 0.650. The van der Waals surface area contributed by atoms with Crippen LogP contribution in [-0.4, -0.2) is 0 Å². The lowest BCUT2D eigenvalue weighted by Crippen LogP contribution is -1.65. The first-order valence-corrected chi connectivity index (χ1v) is 5.15. The van der Waals surface area contributed by atoms with Gasteiger partial charge in [0.2, 0.25) is 0 Å². The van der Waals surface area contributed by atoms with E-state index in [1.54, 1.807) is 11.3 Å². The first kappa shape index (κ1) is 7.59. The summed E-state index contributed by atoms with van der Waals surface area (Å²) in [4.78, 5) is 0. The molecule has 56 valence electrons. The van der Waals surface area contributed by atoms with Crippen LogP contribution in [0, 0.1) is 0 Å². The van der Waals surface area contributed by atoms with Crippen molar-refractivity contribution in [3.8, 4) is 0 Å². The van der Waals surface area contributed by atoms with Gasteiger partial charge in [-0.05, 0) is 12.1 Å². The Kier molecular flexibility index (Phi) is 1.91. The van der Waals surface area contributed by atoms with Crippen LogP contribution in [0.3, 0.4) is 0 Å². The van der Waals surface area contributed by atoms with Gasteiger partial charge in [-0.15, -0.1) is 11.3 Å². The van der Waals surface area contributed by atoms with E-state index in [0.29, 0.717) is 0 Å². The van der Waals surface area contributed by atoms with E-state index in [-0.39, 0.29) is 0 Å². The molecule has 0 aliphatic heterocycles. The molecule has 2 rings (SSSR count). The van der Waals surface area contributed by atoms with Gasteiger partial charge in [-0.1, -0.05) is 33.6 Å². The molecule has 0 fully saturated rings. The molecule has 3 heteroatoms. The summed E-state index contributed by atoms with van der Waals surface area (Å²) < 4.78 is 2.30. The Labute approximate surface area is 81.9 Å². The van der Waals surface area contributed by atoms with Crippen molar-refractivity contribution in [1.82, 2.24) is 0 Å². The lowest BCUT2D eigenvalue weighted by atomic mass is 10.3. The first-order valence-electron chi connectivity index (χ1n) is 3.10. The molecule has 1 aromatic heterocycles. The van der Waals surface area contributed by atoms with Crippen LogP contribution in [0.4, 0.5) is 0 Å². The third-order valence-electron chi connectivity index (χ3n) is 1.50. The maximum Gasteiger partial charge on any atom is 0.0603 e. The monoisotopic (exact) mass is 246 g/mol. The fraction of sp³-hybridized carbons (Fsp3) is 0. The van der Waals surface area contributed by atoms with Crippen molar-refractivity contribution in [2.45, 2.75) is 0 Å². The summed E-state index contributed by atoms with van der Waals surface area (Å²) in [6.45, 7) is 0. The highest BCUT2D eigenvalue weighted by atomic mass is 79.9. The van der Waals surface area contributed by atoms with Gasteiger partial charge in [0.05, 0.1) is 5.02 Å². The molecule has 2 aromatic rings. The van der Waals surface area contributed by atoms with Gasteiger partial charge in [-0.3, -0.25) is 0 Å². The molecule has 1 aromatic carbocycles. The van der Waals surface area contributed by atoms with Gasteiger partial charge in [0.15, 0.2) is 0 Å². The van der Waals surface area contributed by atoms with Crippen molar-refractivity contribution < 1.29 is 0 Å². The molecule has 1 heterocycles. The molecule has 0 bridgehead atoms. The Morgan fingerprint density at radius 1 is 1.36 bits per heavy atom. The second-order valence-corrected chi connectivity index (χ2v) is 4.37. The van der Waals surface area contributed by atoms with E-state index in [1.165, 1.54) is 4.70 Å². The summed E-state index contributed by atoms with van der Waals surface area (Å²) in [6.07, 6.45) is 0. The summed E-state index contributed by atoms with van der Waals surface area (Å²) in [5.41, 5.74) is 0. The highest BCUT2D eigenvalue weighted by molar-refractivity contribution is 9.10. The molecule has 0 aliphatic rings. The van der Waals surface area contributed by atoms with Crippen LogP contribution in [0.15, 0.2) is 28.1 Å².